The summed E-state index contributed by atoms with van der Waals surface area (Å²) in [4.78, 5) is 4.13. The Morgan fingerprint density at radius 2 is 2.43 bits per heavy atom. The Labute approximate surface area is 88.7 Å². The largest absolute Gasteiger partial charge is 0.367 e. The molecule has 3 N–H and O–H groups in total. The van der Waals surface area contributed by atoms with E-state index in [2.05, 4.69) is 10.3 Å². The van der Waals surface area contributed by atoms with Crippen LogP contribution in [0.5, 0.6) is 0 Å². The van der Waals surface area contributed by atoms with Crippen molar-refractivity contribution < 1.29 is 0 Å². The highest BCUT2D eigenvalue weighted by molar-refractivity contribution is 6.32. The van der Waals surface area contributed by atoms with Crippen molar-refractivity contribution in [1.82, 2.24) is 4.98 Å². The van der Waals surface area contributed by atoms with Crippen LogP contribution in [0.15, 0.2) is 18.3 Å². The van der Waals surface area contributed by atoms with Crippen molar-refractivity contribution in [3.8, 4) is 0 Å². The van der Waals surface area contributed by atoms with E-state index < -0.39 is 0 Å². The molecule has 0 amide bonds. The molecule has 4 heteroatoms. The van der Waals surface area contributed by atoms with Crippen LogP contribution in [0.2, 0.25) is 5.02 Å². The van der Waals surface area contributed by atoms with Crippen LogP contribution in [-0.2, 0) is 0 Å². The van der Waals surface area contributed by atoms with E-state index in [4.69, 9.17) is 17.3 Å². The Morgan fingerprint density at radius 1 is 1.64 bits per heavy atom. The van der Waals surface area contributed by atoms with Crippen molar-refractivity contribution >= 4 is 17.4 Å². The molecule has 1 atom stereocenters. The second-order valence-corrected chi connectivity index (χ2v) is 4.12. The highest BCUT2D eigenvalue weighted by Crippen LogP contribution is 2.31. The molecule has 0 aromatic carbocycles. The average Bonchev–Trinajstić information content (AvgIpc) is 2.99. The van der Waals surface area contributed by atoms with Crippen molar-refractivity contribution in [3.05, 3.63) is 23.4 Å². The van der Waals surface area contributed by atoms with Crippen LogP contribution in [0.4, 0.5) is 5.82 Å². The number of hydrogen-bond acceptors (Lipinski definition) is 3. The molecule has 1 heterocycles. The van der Waals surface area contributed by atoms with E-state index in [1.807, 2.05) is 12.1 Å². The number of pyridine rings is 1. The molecule has 0 bridgehead atoms. The maximum Gasteiger partial charge on any atom is 0.144 e. The summed E-state index contributed by atoms with van der Waals surface area (Å²) in [5, 5.41) is 3.81. The van der Waals surface area contributed by atoms with E-state index in [-0.39, 0.29) is 6.04 Å². The lowest BCUT2D eigenvalue weighted by Gasteiger charge is -2.12. The van der Waals surface area contributed by atoms with Gasteiger partial charge in [0.05, 0.1) is 5.02 Å². The Balaban J connectivity index is 1.87. The molecule has 0 aliphatic heterocycles. The summed E-state index contributed by atoms with van der Waals surface area (Å²) in [6, 6.07) is 3.86. The maximum absolute atomic E-state index is 5.94. The molecule has 76 valence electrons. The van der Waals surface area contributed by atoms with Crippen molar-refractivity contribution in [2.24, 2.45) is 11.7 Å². The zero-order chi connectivity index (χ0) is 9.97. The molecule has 1 unspecified atom stereocenters. The number of nitrogens with two attached hydrogens (primary N) is 1. The second-order valence-electron chi connectivity index (χ2n) is 3.72. The summed E-state index contributed by atoms with van der Waals surface area (Å²) in [7, 11) is 0. The fraction of sp³-hybridized carbons (Fsp3) is 0.500. The van der Waals surface area contributed by atoms with E-state index in [1.54, 1.807) is 6.20 Å². The van der Waals surface area contributed by atoms with Crippen LogP contribution >= 0.6 is 11.6 Å². The van der Waals surface area contributed by atoms with Crippen molar-refractivity contribution in [3.63, 3.8) is 0 Å². The summed E-state index contributed by atoms with van der Waals surface area (Å²) >= 11 is 5.94. The zero-order valence-electron chi connectivity index (χ0n) is 7.91. The molecule has 1 aliphatic rings. The number of rotatable bonds is 4. The molecule has 0 spiro atoms. The van der Waals surface area contributed by atoms with Crippen molar-refractivity contribution in [2.75, 3.05) is 11.9 Å². The van der Waals surface area contributed by atoms with Gasteiger partial charge >= 0.3 is 0 Å². The van der Waals surface area contributed by atoms with Gasteiger partial charge in [-0.2, -0.15) is 0 Å². The molecule has 1 aromatic rings. The predicted molar refractivity (Wildman–Crippen MR) is 58.4 cm³/mol. The van der Waals surface area contributed by atoms with Crippen LogP contribution in [0.1, 0.15) is 12.8 Å². The van der Waals surface area contributed by atoms with Crippen molar-refractivity contribution in [1.29, 1.82) is 0 Å². The van der Waals surface area contributed by atoms with Gasteiger partial charge in [0.2, 0.25) is 0 Å². The van der Waals surface area contributed by atoms with Gasteiger partial charge in [0.15, 0.2) is 0 Å². The van der Waals surface area contributed by atoms with Crippen LogP contribution in [0.25, 0.3) is 0 Å². The first-order chi connectivity index (χ1) is 6.77. The van der Waals surface area contributed by atoms with Crippen LogP contribution < -0.4 is 11.1 Å². The van der Waals surface area contributed by atoms with Crippen molar-refractivity contribution in [2.45, 2.75) is 18.9 Å². The van der Waals surface area contributed by atoms with E-state index in [9.17, 15) is 0 Å². The minimum atomic E-state index is 0.230. The van der Waals surface area contributed by atoms with Gasteiger partial charge in [-0.3, -0.25) is 0 Å². The molecule has 14 heavy (non-hydrogen) atoms. The van der Waals surface area contributed by atoms with E-state index in [1.165, 1.54) is 12.8 Å². The molecular formula is C10H14ClN3. The lowest BCUT2D eigenvalue weighted by molar-refractivity contribution is 0.620. The summed E-state index contributed by atoms with van der Waals surface area (Å²) in [6.45, 7) is 0.751. The fourth-order valence-corrected chi connectivity index (χ4v) is 1.61. The second kappa shape index (κ2) is 4.15. The Kier molecular flexibility index (Phi) is 2.89. The van der Waals surface area contributed by atoms with Gasteiger partial charge in [-0.25, -0.2) is 4.98 Å². The minimum Gasteiger partial charge on any atom is -0.367 e. The van der Waals surface area contributed by atoms with Gasteiger partial charge in [-0.15, -0.1) is 0 Å². The summed E-state index contributed by atoms with van der Waals surface area (Å²) in [5.41, 5.74) is 5.94. The topological polar surface area (TPSA) is 50.9 Å². The Morgan fingerprint density at radius 3 is 3.07 bits per heavy atom. The third-order valence-electron chi connectivity index (χ3n) is 2.49. The van der Waals surface area contributed by atoms with Gasteiger partial charge in [0, 0.05) is 18.8 Å². The maximum atomic E-state index is 5.94. The van der Waals surface area contributed by atoms with Gasteiger partial charge in [-0.1, -0.05) is 11.6 Å². The molecule has 3 nitrogen and oxygen atoms in total. The van der Waals surface area contributed by atoms with Crippen LogP contribution in [-0.4, -0.2) is 17.6 Å². The lowest BCUT2D eigenvalue weighted by Crippen LogP contribution is -2.31. The first kappa shape index (κ1) is 9.74. The zero-order valence-corrected chi connectivity index (χ0v) is 8.67. The highest BCUT2D eigenvalue weighted by atomic mass is 35.5. The summed E-state index contributed by atoms with van der Waals surface area (Å²) < 4.78 is 0. The number of hydrogen-bond donors (Lipinski definition) is 2. The quantitative estimate of drug-likeness (QED) is 0.800. The molecule has 2 rings (SSSR count). The lowest BCUT2D eigenvalue weighted by atomic mass is 10.2. The summed E-state index contributed by atoms with van der Waals surface area (Å²) in [6.07, 6.45) is 4.24. The number of aromatic nitrogens is 1. The molecule has 1 fully saturated rings. The molecule has 1 saturated carbocycles. The number of halogens is 1. The molecule has 0 radical (unpaired) electrons. The third-order valence-corrected chi connectivity index (χ3v) is 2.80. The fourth-order valence-electron chi connectivity index (χ4n) is 1.42. The molecular weight excluding hydrogens is 198 g/mol. The first-order valence-corrected chi connectivity index (χ1v) is 5.25. The smallest absolute Gasteiger partial charge is 0.144 e. The van der Waals surface area contributed by atoms with Gasteiger partial charge in [0.1, 0.15) is 5.82 Å². The number of anilines is 1. The Hall–Kier alpha value is -0.800. The molecule has 0 saturated heterocycles. The highest BCUT2D eigenvalue weighted by Gasteiger charge is 2.28. The van der Waals surface area contributed by atoms with Crippen LogP contribution in [0.3, 0.4) is 0 Å². The number of nitrogens with one attached hydrogen (secondary N) is 1. The molecule has 1 aliphatic carbocycles. The average molecular weight is 212 g/mol. The summed E-state index contributed by atoms with van der Waals surface area (Å²) in [5.74, 6) is 1.43. The molecule has 1 aromatic heterocycles. The standard InChI is InChI=1S/C10H14ClN3/c11-8-2-1-5-13-10(8)14-6-9(12)7-3-4-7/h1-2,5,7,9H,3-4,6,12H2,(H,13,14). The van der Waals surface area contributed by atoms with Gasteiger partial charge in [0.25, 0.3) is 0 Å². The number of nitrogens with zero attached hydrogens (tertiary/aromatic N) is 1. The van der Waals surface area contributed by atoms with Crippen LogP contribution in [0, 0.1) is 5.92 Å². The van der Waals surface area contributed by atoms with E-state index >= 15 is 0 Å². The monoisotopic (exact) mass is 211 g/mol. The first-order valence-electron chi connectivity index (χ1n) is 4.87. The van der Waals surface area contributed by atoms with Gasteiger partial charge < -0.3 is 11.1 Å². The SMILES string of the molecule is NC(CNc1ncccc1Cl)C1CC1. The third kappa shape index (κ3) is 2.36. The van der Waals surface area contributed by atoms with Gasteiger partial charge in [-0.05, 0) is 30.9 Å². The minimum absolute atomic E-state index is 0.230. The predicted octanol–water partition coefficient (Wildman–Crippen LogP) is 1.88. The normalized spacial score (nSPS) is 17.9. The Bertz CT molecular complexity index is 312. The van der Waals surface area contributed by atoms with E-state index in [0.29, 0.717) is 10.9 Å². The van der Waals surface area contributed by atoms with E-state index in [0.717, 1.165) is 12.4 Å².